The summed E-state index contributed by atoms with van der Waals surface area (Å²) in [5.74, 6) is -1.22. The van der Waals surface area contributed by atoms with Gasteiger partial charge >= 0.3 is 0 Å². The summed E-state index contributed by atoms with van der Waals surface area (Å²) in [7, 11) is -3.63. The minimum Gasteiger partial charge on any atom is -0.481 e. The SMILES string of the molecule is O=C(COc1ccccc1F)Nc1cc(S(=O)(=O)N2CCCC2)ccc1Cl. The Morgan fingerprint density at radius 1 is 1.19 bits per heavy atom. The van der Waals surface area contributed by atoms with Crippen molar-refractivity contribution in [1.29, 1.82) is 0 Å². The van der Waals surface area contributed by atoms with Crippen LogP contribution in [0.4, 0.5) is 10.1 Å². The first-order valence-electron chi connectivity index (χ1n) is 8.35. The van der Waals surface area contributed by atoms with Gasteiger partial charge in [0.25, 0.3) is 5.91 Å². The third-order valence-electron chi connectivity index (χ3n) is 4.11. The molecule has 1 fully saturated rings. The molecule has 0 radical (unpaired) electrons. The highest BCUT2D eigenvalue weighted by Crippen LogP contribution is 2.28. The second-order valence-electron chi connectivity index (χ2n) is 6.02. The van der Waals surface area contributed by atoms with Gasteiger partial charge in [-0.05, 0) is 43.2 Å². The number of carbonyl (C=O) groups is 1. The van der Waals surface area contributed by atoms with Gasteiger partial charge in [0.15, 0.2) is 18.2 Å². The van der Waals surface area contributed by atoms with Crippen molar-refractivity contribution < 1.29 is 22.3 Å². The number of nitrogens with one attached hydrogen (secondary N) is 1. The Hall–Kier alpha value is -2.16. The summed E-state index contributed by atoms with van der Waals surface area (Å²) >= 11 is 6.07. The summed E-state index contributed by atoms with van der Waals surface area (Å²) in [5, 5.41) is 2.69. The molecule has 0 spiro atoms. The fourth-order valence-electron chi connectivity index (χ4n) is 2.73. The Bertz CT molecular complexity index is 946. The lowest BCUT2D eigenvalue weighted by Crippen LogP contribution is -2.28. The average molecular weight is 413 g/mol. The van der Waals surface area contributed by atoms with Crippen LogP contribution in [0.15, 0.2) is 47.4 Å². The van der Waals surface area contributed by atoms with E-state index in [-0.39, 0.29) is 21.4 Å². The molecule has 1 aliphatic rings. The number of rotatable bonds is 6. The van der Waals surface area contributed by atoms with E-state index in [2.05, 4.69) is 5.32 Å². The van der Waals surface area contributed by atoms with Gasteiger partial charge in [0.05, 0.1) is 15.6 Å². The first kappa shape index (κ1) is 19.6. The van der Waals surface area contributed by atoms with E-state index < -0.39 is 28.4 Å². The number of amides is 1. The molecule has 0 aliphatic carbocycles. The molecule has 6 nitrogen and oxygen atoms in total. The summed E-state index contributed by atoms with van der Waals surface area (Å²) in [6, 6.07) is 9.85. The molecule has 9 heteroatoms. The van der Waals surface area contributed by atoms with Crippen molar-refractivity contribution in [3.8, 4) is 5.75 Å². The Kier molecular flexibility index (Phi) is 5.98. The van der Waals surface area contributed by atoms with E-state index in [0.717, 1.165) is 12.8 Å². The van der Waals surface area contributed by atoms with Crippen molar-refractivity contribution in [2.75, 3.05) is 25.0 Å². The molecule has 2 aromatic carbocycles. The highest BCUT2D eigenvalue weighted by Gasteiger charge is 2.27. The van der Waals surface area contributed by atoms with Crippen molar-refractivity contribution >= 4 is 33.2 Å². The van der Waals surface area contributed by atoms with Crippen LogP contribution in [0.5, 0.6) is 5.75 Å². The Morgan fingerprint density at radius 2 is 1.89 bits per heavy atom. The van der Waals surface area contributed by atoms with Gasteiger partial charge in [0.2, 0.25) is 10.0 Å². The highest BCUT2D eigenvalue weighted by molar-refractivity contribution is 7.89. The fourth-order valence-corrected chi connectivity index (χ4v) is 4.44. The number of sulfonamides is 1. The maximum atomic E-state index is 13.5. The predicted molar refractivity (Wildman–Crippen MR) is 100.0 cm³/mol. The molecule has 144 valence electrons. The van der Waals surface area contributed by atoms with E-state index in [1.54, 1.807) is 6.07 Å². The zero-order valence-electron chi connectivity index (χ0n) is 14.3. The molecule has 1 amide bonds. The number of benzene rings is 2. The average Bonchev–Trinajstić information content (AvgIpc) is 3.18. The molecule has 0 aromatic heterocycles. The minimum absolute atomic E-state index is 0.0518. The number of hydrogen-bond acceptors (Lipinski definition) is 4. The lowest BCUT2D eigenvalue weighted by molar-refractivity contribution is -0.118. The summed E-state index contributed by atoms with van der Waals surface area (Å²) in [5.41, 5.74) is 0.152. The topological polar surface area (TPSA) is 75.7 Å². The lowest BCUT2D eigenvalue weighted by Gasteiger charge is -2.17. The predicted octanol–water partition coefficient (Wildman–Crippen LogP) is 3.28. The van der Waals surface area contributed by atoms with Gasteiger partial charge < -0.3 is 10.1 Å². The van der Waals surface area contributed by atoms with Crippen molar-refractivity contribution in [1.82, 2.24) is 4.31 Å². The molecule has 0 saturated carbocycles. The van der Waals surface area contributed by atoms with Gasteiger partial charge in [-0.1, -0.05) is 23.7 Å². The van der Waals surface area contributed by atoms with E-state index in [9.17, 15) is 17.6 Å². The molecule has 1 N–H and O–H groups in total. The maximum absolute atomic E-state index is 13.5. The van der Waals surface area contributed by atoms with Gasteiger partial charge in [-0.2, -0.15) is 4.31 Å². The molecule has 1 saturated heterocycles. The van der Waals surface area contributed by atoms with Gasteiger partial charge in [0, 0.05) is 13.1 Å². The van der Waals surface area contributed by atoms with Crippen LogP contribution in [0.3, 0.4) is 0 Å². The van der Waals surface area contributed by atoms with Crippen molar-refractivity contribution in [2.24, 2.45) is 0 Å². The van der Waals surface area contributed by atoms with E-state index in [1.165, 1.54) is 40.7 Å². The fraction of sp³-hybridized carbons (Fsp3) is 0.278. The van der Waals surface area contributed by atoms with E-state index in [0.29, 0.717) is 13.1 Å². The van der Waals surface area contributed by atoms with E-state index in [1.807, 2.05) is 0 Å². The molecule has 2 aromatic rings. The molecule has 0 bridgehead atoms. The third kappa shape index (κ3) is 4.58. The Morgan fingerprint density at radius 3 is 2.59 bits per heavy atom. The second-order valence-corrected chi connectivity index (χ2v) is 8.37. The quantitative estimate of drug-likeness (QED) is 0.790. The number of hydrogen-bond donors (Lipinski definition) is 1. The minimum atomic E-state index is -3.63. The smallest absolute Gasteiger partial charge is 0.262 e. The molecule has 1 heterocycles. The zero-order valence-corrected chi connectivity index (χ0v) is 15.9. The highest BCUT2D eigenvalue weighted by atomic mass is 35.5. The number of ether oxygens (including phenoxy) is 1. The zero-order chi connectivity index (χ0) is 19.4. The van der Waals surface area contributed by atoms with E-state index in [4.69, 9.17) is 16.3 Å². The third-order valence-corrected chi connectivity index (χ3v) is 6.33. The molecule has 0 unspecified atom stereocenters. The first-order chi connectivity index (χ1) is 12.9. The monoisotopic (exact) mass is 412 g/mol. The summed E-state index contributed by atoms with van der Waals surface area (Å²) in [6.07, 6.45) is 1.65. The molecule has 27 heavy (non-hydrogen) atoms. The van der Waals surface area contributed by atoms with Crippen LogP contribution in [0.25, 0.3) is 0 Å². The summed E-state index contributed by atoms with van der Waals surface area (Å²) in [6.45, 7) is 0.507. The number of nitrogens with zero attached hydrogens (tertiary/aromatic N) is 1. The molecular formula is C18H18ClFN2O4S. The molecular weight excluding hydrogens is 395 g/mol. The number of anilines is 1. The van der Waals surface area contributed by atoms with E-state index >= 15 is 0 Å². The van der Waals surface area contributed by atoms with Crippen molar-refractivity contribution in [3.05, 3.63) is 53.3 Å². The Balaban J connectivity index is 1.71. The van der Waals surface area contributed by atoms with Gasteiger partial charge in [0.1, 0.15) is 0 Å². The second kappa shape index (κ2) is 8.24. The normalized spacial score (nSPS) is 14.9. The van der Waals surface area contributed by atoms with Gasteiger partial charge in [-0.3, -0.25) is 4.79 Å². The number of carbonyl (C=O) groups excluding carboxylic acids is 1. The number of halogens is 2. The van der Waals surface area contributed by atoms with Crippen LogP contribution in [-0.2, 0) is 14.8 Å². The van der Waals surface area contributed by atoms with Crippen LogP contribution in [-0.4, -0.2) is 38.3 Å². The van der Waals surface area contributed by atoms with Crippen molar-refractivity contribution in [2.45, 2.75) is 17.7 Å². The summed E-state index contributed by atoms with van der Waals surface area (Å²) in [4.78, 5) is 12.1. The Labute approximate surface area is 161 Å². The molecule has 3 rings (SSSR count). The first-order valence-corrected chi connectivity index (χ1v) is 10.2. The number of para-hydroxylation sites is 1. The van der Waals surface area contributed by atoms with Crippen LogP contribution < -0.4 is 10.1 Å². The van der Waals surface area contributed by atoms with Gasteiger partial charge in [-0.25, -0.2) is 12.8 Å². The largest absolute Gasteiger partial charge is 0.481 e. The van der Waals surface area contributed by atoms with Crippen LogP contribution >= 0.6 is 11.6 Å². The molecule has 0 atom stereocenters. The van der Waals surface area contributed by atoms with Gasteiger partial charge in [-0.15, -0.1) is 0 Å². The van der Waals surface area contributed by atoms with Crippen LogP contribution in [0.2, 0.25) is 5.02 Å². The standard InChI is InChI=1S/C18H18ClFN2O4S/c19-14-8-7-13(27(24,25)22-9-3-4-10-22)11-16(14)21-18(23)12-26-17-6-2-1-5-15(17)20/h1-2,5-8,11H,3-4,9-10,12H2,(H,21,23). The van der Waals surface area contributed by atoms with Crippen LogP contribution in [0, 0.1) is 5.82 Å². The molecule has 1 aliphatic heterocycles. The maximum Gasteiger partial charge on any atom is 0.262 e. The van der Waals surface area contributed by atoms with Crippen molar-refractivity contribution in [3.63, 3.8) is 0 Å². The summed E-state index contributed by atoms with van der Waals surface area (Å²) < 4.78 is 45.3. The lowest BCUT2D eigenvalue weighted by atomic mass is 10.3. The van der Waals surface area contributed by atoms with Crippen LogP contribution in [0.1, 0.15) is 12.8 Å².